The molecule has 0 saturated heterocycles. The van der Waals surface area contributed by atoms with E-state index in [1.54, 1.807) is 24.3 Å². The average Bonchev–Trinajstić information content (AvgIpc) is 3.40. The lowest BCUT2D eigenvalue weighted by atomic mass is 10.2. The number of aryl methyl sites for hydroxylation is 1. The van der Waals surface area contributed by atoms with Gasteiger partial charge in [0.1, 0.15) is 0 Å². The summed E-state index contributed by atoms with van der Waals surface area (Å²) in [5.41, 5.74) is 5.28. The van der Waals surface area contributed by atoms with Crippen LogP contribution in [0.15, 0.2) is 79.4 Å². The number of fused-ring (bicyclic) bond motifs is 1. The summed E-state index contributed by atoms with van der Waals surface area (Å²) in [5.74, 6) is -0.386. The van der Waals surface area contributed by atoms with Crippen molar-refractivity contribution >= 4 is 40.4 Å². The Labute approximate surface area is 200 Å². The summed E-state index contributed by atoms with van der Waals surface area (Å²) in [7, 11) is 0. The van der Waals surface area contributed by atoms with E-state index in [1.165, 1.54) is 0 Å². The van der Waals surface area contributed by atoms with E-state index in [2.05, 4.69) is 10.3 Å². The summed E-state index contributed by atoms with van der Waals surface area (Å²) in [4.78, 5) is 22.1. The minimum absolute atomic E-state index is 0.234. The van der Waals surface area contributed by atoms with Gasteiger partial charge in [-0.3, -0.25) is 4.79 Å². The van der Waals surface area contributed by atoms with Crippen molar-refractivity contribution in [1.29, 1.82) is 0 Å². The van der Waals surface area contributed by atoms with Crippen LogP contribution in [0.1, 0.15) is 21.7 Å². The van der Waals surface area contributed by atoms with Crippen molar-refractivity contribution in [1.82, 2.24) is 18.9 Å². The van der Waals surface area contributed by atoms with Crippen molar-refractivity contribution < 1.29 is 4.79 Å². The summed E-state index contributed by atoms with van der Waals surface area (Å²) in [6.07, 6.45) is 5.75. The molecule has 6 nitrogen and oxygen atoms in total. The quantitative estimate of drug-likeness (QED) is 0.333. The maximum Gasteiger partial charge on any atom is 0.258 e. The number of carbonyl (C=O) groups excluding carboxylic acids is 1. The molecule has 0 atom stereocenters. The molecule has 8 heteroatoms. The molecule has 1 N–H and O–H groups in total. The van der Waals surface area contributed by atoms with Gasteiger partial charge in [0, 0.05) is 18.0 Å². The van der Waals surface area contributed by atoms with Crippen LogP contribution in [0.4, 0.5) is 5.69 Å². The first-order chi connectivity index (χ1) is 16.0. The van der Waals surface area contributed by atoms with Gasteiger partial charge in [-0.1, -0.05) is 59.6 Å². The molecule has 3 heterocycles. The van der Waals surface area contributed by atoms with Gasteiger partial charge in [-0.05, 0) is 31.2 Å². The molecule has 0 spiro atoms. The summed E-state index contributed by atoms with van der Waals surface area (Å²) in [5, 5.41) is 3.49. The summed E-state index contributed by atoms with van der Waals surface area (Å²) >= 11 is 12.4. The van der Waals surface area contributed by atoms with Crippen molar-refractivity contribution in [2.24, 2.45) is 0 Å². The van der Waals surface area contributed by atoms with Crippen molar-refractivity contribution in [3.05, 3.63) is 106 Å². The number of imidazole rings is 2. The zero-order valence-electron chi connectivity index (χ0n) is 17.7. The van der Waals surface area contributed by atoms with Crippen LogP contribution in [-0.4, -0.2) is 24.8 Å². The van der Waals surface area contributed by atoms with Gasteiger partial charge in [0.2, 0.25) is 0 Å². The van der Waals surface area contributed by atoms with E-state index in [4.69, 9.17) is 28.2 Å². The zero-order valence-corrected chi connectivity index (χ0v) is 19.2. The van der Waals surface area contributed by atoms with E-state index in [0.29, 0.717) is 27.9 Å². The largest absolute Gasteiger partial charge is 0.331 e. The highest BCUT2D eigenvalue weighted by Crippen LogP contribution is 2.27. The SMILES string of the molecule is Cc1nc2c(NC(=O)c3c(Cl)cccc3Cl)cccn2c1Cn1cnc(-c2ccccc2)c1. The predicted octanol–water partition coefficient (Wildman–Crippen LogP) is 6.11. The smallest absolute Gasteiger partial charge is 0.258 e. The molecular weight excluding hydrogens is 457 g/mol. The molecule has 0 aliphatic heterocycles. The number of amides is 1. The number of benzene rings is 2. The first-order valence-corrected chi connectivity index (χ1v) is 11.1. The molecule has 0 saturated carbocycles. The van der Waals surface area contributed by atoms with Crippen LogP contribution in [0, 0.1) is 6.92 Å². The van der Waals surface area contributed by atoms with Gasteiger partial charge in [0.25, 0.3) is 5.91 Å². The third kappa shape index (κ3) is 4.11. The Morgan fingerprint density at radius 3 is 2.52 bits per heavy atom. The number of aromatic nitrogens is 4. The molecule has 164 valence electrons. The van der Waals surface area contributed by atoms with E-state index in [9.17, 15) is 4.79 Å². The monoisotopic (exact) mass is 475 g/mol. The van der Waals surface area contributed by atoms with Gasteiger partial charge >= 0.3 is 0 Å². The Morgan fingerprint density at radius 1 is 1.00 bits per heavy atom. The molecule has 3 aromatic heterocycles. The number of carbonyl (C=O) groups is 1. The number of nitrogens with zero attached hydrogens (tertiary/aromatic N) is 4. The maximum absolute atomic E-state index is 12.9. The molecule has 0 aliphatic carbocycles. The van der Waals surface area contributed by atoms with Gasteiger partial charge in [-0.2, -0.15) is 0 Å². The van der Waals surface area contributed by atoms with E-state index in [-0.39, 0.29) is 11.5 Å². The maximum atomic E-state index is 12.9. The lowest BCUT2D eigenvalue weighted by Gasteiger charge is -2.10. The normalized spacial score (nSPS) is 11.1. The molecule has 0 fully saturated rings. The molecule has 0 bridgehead atoms. The lowest BCUT2D eigenvalue weighted by molar-refractivity contribution is 0.102. The fourth-order valence-corrected chi connectivity index (χ4v) is 4.36. The second-order valence-electron chi connectivity index (χ2n) is 7.61. The summed E-state index contributed by atoms with van der Waals surface area (Å²) in [6.45, 7) is 2.54. The summed E-state index contributed by atoms with van der Waals surface area (Å²) < 4.78 is 3.99. The van der Waals surface area contributed by atoms with Crippen LogP contribution in [0.2, 0.25) is 10.0 Å². The lowest BCUT2D eigenvalue weighted by Crippen LogP contribution is -2.14. The highest BCUT2D eigenvalue weighted by molar-refractivity contribution is 6.40. The fraction of sp³-hybridized carbons (Fsp3) is 0.0800. The number of hydrogen-bond acceptors (Lipinski definition) is 3. The van der Waals surface area contributed by atoms with E-state index < -0.39 is 0 Å². The van der Waals surface area contributed by atoms with Gasteiger partial charge in [-0.25, -0.2) is 9.97 Å². The van der Waals surface area contributed by atoms with Crippen LogP contribution in [0.3, 0.4) is 0 Å². The van der Waals surface area contributed by atoms with Crippen LogP contribution in [0.25, 0.3) is 16.9 Å². The molecular formula is C25H19Cl2N5O. The van der Waals surface area contributed by atoms with Gasteiger partial charge < -0.3 is 14.3 Å². The number of rotatable bonds is 5. The van der Waals surface area contributed by atoms with Gasteiger partial charge in [0.15, 0.2) is 5.65 Å². The molecule has 0 radical (unpaired) electrons. The minimum atomic E-state index is -0.386. The van der Waals surface area contributed by atoms with Crippen LogP contribution in [-0.2, 0) is 6.54 Å². The van der Waals surface area contributed by atoms with Crippen molar-refractivity contribution in [2.45, 2.75) is 13.5 Å². The highest BCUT2D eigenvalue weighted by atomic mass is 35.5. The van der Waals surface area contributed by atoms with Crippen LogP contribution in [0.5, 0.6) is 0 Å². The number of anilines is 1. The molecule has 2 aromatic carbocycles. The van der Waals surface area contributed by atoms with Crippen molar-refractivity contribution in [3.63, 3.8) is 0 Å². The second kappa shape index (κ2) is 8.73. The molecule has 1 amide bonds. The first kappa shape index (κ1) is 21.2. The van der Waals surface area contributed by atoms with E-state index in [0.717, 1.165) is 22.6 Å². The van der Waals surface area contributed by atoms with Crippen LogP contribution >= 0.6 is 23.2 Å². The average molecular weight is 476 g/mol. The first-order valence-electron chi connectivity index (χ1n) is 10.3. The molecule has 5 aromatic rings. The Kier molecular flexibility index (Phi) is 5.62. The van der Waals surface area contributed by atoms with Crippen molar-refractivity contribution in [3.8, 4) is 11.3 Å². The number of nitrogens with one attached hydrogen (secondary N) is 1. The van der Waals surface area contributed by atoms with Crippen molar-refractivity contribution in [2.75, 3.05) is 5.32 Å². The topological polar surface area (TPSA) is 64.2 Å². The fourth-order valence-electron chi connectivity index (χ4n) is 3.80. The third-order valence-corrected chi connectivity index (χ3v) is 6.05. The minimum Gasteiger partial charge on any atom is -0.331 e. The van der Waals surface area contributed by atoms with E-state index >= 15 is 0 Å². The van der Waals surface area contributed by atoms with E-state index in [1.807, 2.05) is 71.0 Å². The number of pyridine rings is 1. The molecule has 5 rings (SSSR count). The van der Waals surface area contributed by atoms with Gasteiger partial charge in [-0.15, -0.1) is 0 Å². The third-order valence-electron chi connectivity index (χ3n) is 5.42. The molecule has 33 heavy (non-hydrogen) atoms. The number of hydrogen-bond donors (Lipinski definition) is 1. The summed E-state index contributed by atoms with van der Waals surface area (Å²) in [6, 6.07) is 18.7. The Balaban J connectivity index is 1.46. The molecule has 0 unspecified atom stereocenters. The predicted molar refractivity (Wildman–Crippen MR) is 131 cm³/mol. The zero-order chi connectivity index (χ0) is 22.9. The van der Waals surface area contributed by atoms with Crippen LogP contribution < -0.4 is 5.32 Å². The van der Waals surface area contributed by atoms with Gasteiger partial charge in [0.05, 0.1) is 51.2 Å². The highest BCUT2D eigenvalue weighted by Gasteiger charge is 2.18. The Morgan fingerprint density at radius 2 is 1.76 bits per heavy atom. The Hall–Kier alpha value is -3.61. The number of halogens is 2. The second-order valence-corrected chi connectivity index (χ2v) is 8.42. The molecule has 0 aliphatic rings. The Bertz CT molecular complexity index is 1450. The standard InChI is InChI=1S/C25H19Cl2N5O/c1-16-22(14-31-13-21(28-15-31)17-7-3-2-4-8-17)32-12-6-11-20(24(32)29-16)30-25(33)23-18(26)9-5-10-19(23)27/h2-13,15H,14H2,1H3,(H,30,33).